The summed E-state index contributed by atoms with van der Waals surface area (Å²) in [7, 11) is 0. The Balaban J connectivity index is 1.42. The molecule has 0 radical (unpaired) electrons. The molecule has 0 aliphatic rings. The number of aromatic amines is 1. The second-order valence-electron chi connectivity index (χ2n) is 5.11. The van der Waals surface area contributed by atoms with Gasteiger partial charge in [0.05, 0.1) is 18.2 Å². The largest absolute Gasteiger partial charge is 0.300 e. The summed E-state index contributed by atoms with van der Waals surface area (Å²) in [4.78, 5) is 16.2. The summed E-state index contributed by atoms with van der Waals surface area (Å²) in [5.41, 5.74) is 3.63. The van der Waals surface area contributed by atoms with Crippen LogP contribution in [0.4, 0.5) is 11.1 Å². The van der Waals surface area contributed by atoms with Gasteiger partial charge in [-0.05, 0) is 12.7 Å². The monoisotopic (exact) mass is 438 g/mol. The molecule has 0 unspecified atom stereocenters. The standard InChI is InChI=1S/C14H18N10OS3/c1-3-24-7-9(6-16-24)5-15-19-11-18-12(21-20-11)27-8-10(25)17-13-22-23-14(28-13)26-4-2/h5-7H,3-4,8H2,1-2H3,(H,17,22,25)(H2,18,19,20,21)/b15-5+. The molecule has 0 fully saturated rings. The number of aryl methyl sites for hydroxylation is 1. The number of amides is 1. The zero-order valence-corrected chi connectivity index (χ0v) is 17.6. The molecule has 0 saturated carbocycles. The van der Waals surface area contributed by atoms with E-state index in [9.17, 15) is 4.79 Å². The van der Waals surface area contributed by atoms with Gasteiger partial charge in [-0.3, -0.25) is 14.8 Å². The average molecular weight is 439 g/mol. The van der Waals surface area contributed by atoms with Gasteiger partial charge in [0.2, 0.25) is 22.1 Å². The molecule has 3 N–H and O–H groups in total. The minimum Gasteiger partial charge on any atom is -0.300 e. The summed E-state index contributed by atoms with van der Waals surface area (Å²) in [5.74, 6) is 1.26. The number of aromatic nitrogens is 7. The highest BCUT2D eigenvalue weighted by Gasteiger charge is 2.11. The number of hydrogen-bond donors (Lipinski definition) is 3. The highest BCUT2D eigenvalue weighted by Crippen LogP contribution is 2.25. The minimum atomic E-state index is -0.195. The van der Waals surface area contributed by atoms with Gasteiger partial charge in [-0.25, -0.2) is 10.5 Å². The molecule has 0 aliphatic carbocycles. The van der Waals surface area contributed by atoms with Crippen LogP contribution >= 0.6 is 34.9 Å². The molecule has 0 aromatic carbocycles. The Morgan fingerprint density at radius 2 is 2.29 bits per heavy atom. The molecule has 3 rings (SSSR count). The highest BCUT2D eigenvalue weighted by molar-refractivity contribution is 8.01. The van der Waals surface area contributed by atoms with Crippen LogP contribution in [-0.4, -0.2) is 58.8 Å². The average Bonchev–Trinajstić information content (AvgIpc) is 3.42. The number of anilines is 2. The summed E-state index contributed by atoms with van der Waals surface area (Å²) in [6.45, 7) is 4.85. The second kappa shape index (κ2) is 10.2. The Bertz CT molecular complexity index is 933. The first kappa shape index (κ1) is 20.3. The Morgan fingerprint density at radius 1 is 1.39 bits per heavy atom. The van der Waals surface area contributed by atoms with Crippen molar-refractivity contribution in [1.29, 1.82) is 0 Å². The highest BCUT2D eigenvalue weighted by atomic mass is 32.2. The molecule has 3 heterocycles. The van der Waals surface area contributed by atoms with Crippen LogP contribution < -0.4 is 10.7 Å². The number of H-pyrrole nitrogens is 1. The number of nitrogens with one attached hydrogen (secondary N) is 3. The van der Waals surface area contributed by atoms with Crippen LogP contribution in [0.3, 0.4) is 0 Å². The maximum absolute atomic E-state index is 12.0. The third-order valence-corrected chi connectivity index (χ3v) is 5.78. The fourth-order valence-corrected chi connectivity index (χ4v) is 4.14. The lowest BCUT2D eigenvalue weighted by molar-refractivity contribution is -0.113. The molecule has 0 aliphatic heterocycles. The molecule has 0 bridgehead atoms. The number of thioether (sulfide) groups is 2. The first-order valence-electron chi connectivity index (χ1n) is 8.29. The van der Waals surface area contributed by atoms with Gasteiger partial charge in [-0.15, -0.1) is 15.3 Å². The van der Waals surface area contributed by atoms with Crippen molar-refractivity contribution in [2.75, 3.05) is 22.2 Å². The SMILES string of the molecule is CCSc1nnc(NC(=O)CSc2n[nH]c(N/N=C/c3cnn(CC)c3)n2)s1. The summed E-state index contributed by atoms with van der Waals surface area (Å²) in [5, 5.41) is 26.5. The van der Waals surface area contributed by atoms with Crippen LogP contribution in [0.15, 0.2) is 27.0 Å². The van der Waals surface area contributed by atoms with Crippen molar-refractivity contribution in [2.24, 2.45) is 5.10 Å². The molecule has 14 heteroatoms. The van der Waals surface area contributed by atoms with Crippen molar-refractivity contribution in [2.45, 2.75) is 29.9 Å². The minimum absolute atomic E-state index is 0.159. The molecule has 3 aromatic heterocycles. The molecule has 0 spiro atoms. The fourth-order valence-electron chi connectivity index (χ4n) is 1.88. The van der Waals surface area contributed by atoms with E-state index in [1.165, 1.54) is 23.1 Å². The number of hydrogen-bond acceptors (Lipinski definition) is 11. The van der Waals surface area contributed by atoms with E-state index in [1.807, 2.05) is 20.0 Å². The number of carbonyl (C=O) groups is 1. The van der Waals surface area contributed by atoms with Crippen LogP contribution in [0, 0.1) is 0 Å². The van der Waals surface area contributed by atoms with Crippen LogP contribution in [0.5, 0.6) is 0 Å². The Labute approximate surface area is 173 Å². The number of hydrazone groups is 1. The van der Waals surface area contributed by atoms with Gasteiger partial charge < -0.3 is 0 Å². The van der Waals surface area contributed by atoms with E-state index in [4.69, 9.17) is 0 Å². The summed E-state index contributed by atoms with van der Waals surface area (Å²) in [6, 6.07) is 0. The molecule has 0 atom stereocenters. The number of carbonyl (C=O) groups excluding carboxylic acids is 1. The van der Waals surface area contributed by atoms with Crippen molar-refractivity contribution in [3.8, 4) is 0 Å². The maximum atomic E-state index is 12.0. The van der Waals surface area contributed by atoms with Gasteiger partial charge in [0.1, 0.15) is 0 Å². The molecule has 3 aromatic rings. The van der Waals surface area contributed by atoms with Gasteiger partial charge in [-0.2, -0.15) is 15.2 Å². The fraction of sp³-hybridized carbons (Fsp3) is 0.357. The smallest absolute Gasteiger partial charge is 0.240 e. The predicted molar refractivity (Wildman–Crippen MR) is 111 cm³/mol. The normalized spacial score (nSPS) is 11.2. The molecular formula is C14H18N10OS3. The van der Waals surface area contributed by atoms with Crippen LogP contribution in [0.1, 0.15) is 19.4 Å². The van der Waals surface area contributed by atoms with Gasteiger partial charge in [0.15, 0.2) is 4.34 Å². The Morgan fingerprint density at radius 3 is 3.07 bits per heavy atom. The quantitative estimate of drug-likeness (QED) is 0.188. The van der Waals surface area contributed by atoms with E-state index in [2.05, 4.69) is 46.3 Å². The first-order valence-corrected chi connectivity index (χ1v) is 11.1. The van der Waals surface area contributed by atoms with E-state index in [0.717, 1.165) is 22.2 Å². The van der Waals surface area contributed by atoms with E-state index in [0.29, 0.717) is 16.2 Å². The Kier molecular flexibility index (Phi) is 7.39. The van der Waals surface area contributed by atoms with E-state index < -0.39 is 0 Å². The van der Waals surface area contributed by atoms with Crippen LogP contribution in [-0.2, 0) is 11.3 Å². The first-order chi connectivity index (χ1) is 13.7. The molecule has 11 nitrogen and oxygen atoms in total. The third kappa shape index (κ3) is 6.03. The van der Waals surface area contributed by atoms with Gasteiger partial charge in [-0.1, -0.05) is 41.8 Å². The molecule has 0 saturated heterocycles. The summed E-state index contributed by atoms with van der Waals surface area (Å²) < 4.78 is 2.64. The van der Waals surface area contributed by atoms with Crippen LogP contribution in [0.2, 0.25) is 0 Å². The number of nitrogens with zero attached hydrogens (tertiary/aromatic N) is 7. The van der Waals surface area contributed by atoms with Crippen molar-refractivity contribution in [1.82, 2.24) is 35.2 Å². The lowest BCUT2D eigenvalue weighted by Crippen LogP contribution is -2.13. The molecule has 28 heavy (non-hydrogen) atoms. The van der Waals surface area contributed by atoms with Gasteiger partial charge >= 0.3 is 0 Å². The zero-order chi connectivity index (χ0) is 19.8. The van der Waals surface area contributed by atoms with Crippen molar-refractivity contribution < 1.29 is 4.79 Å². The molecule has 1 amide bonds. The zero-order valence-electron chi connectivity index (χ0n) is 15.1. The van der Waals surface area contributed by atoms with E-state index in [-0.39, 0.29) is 11.7 Å². The van der Waals surface area contributed by atoms with Crippen molar-refractivity contribution in [3.63, 3.8) is 0 Å². The van der Waals surface area contributed by atoms with Crippen molar-refractivity contribution in [3.05, 3.63) is 18.0 Å². The second-order valence-corrected chi connectivity index (χ2v) is 8.54. The lowest BCUT2D eigenvalue weighted by atomic mass is 10.4. The third-order valence-electron chi connectivity index (χ3n) is 3.08. The maximum Gasteiger partial charge on any atom is 0.240 e. The van der Waals surface area contributed by atoms with E-state index in [1.54, 1.807) is 28.9 Å². The van der Waals surface area contributed by atoms with Gasteiger partial charge in [0, 0.05) is 18.3 Å². The summed E-state index contributed by atoms with van der Waals surface area (Å²) in [6.07, 6.45) is 5.24. The molecular weight excluding hydrogens is 420 g/mol. The van der Waals surface area contributed by atoms with Gasteiger partial charge in [0.25, 0.3) is 0 Å². The molecule has 148 valence electrons. The number of rotatable bonds is 10. The lowest BCUT2D eigenvalue weighted by Gasteiger charge is -1.98. The van der Waals surface area contributed by atoms with Crippen molar-refractivity contribution >= 4 is 58.1 Å². The topological polar surface area (TPSA) is 139 Å². The Hall–Kier alpha value is -2.45. The van der Waals surface area contributed by atoms with E-state index >= 15 is 0 Å². The van der Waals surface area contributed by atoms with Crippen LogP contribution in [0.25, 0.3) is 0 Å². The predicted octanol–water partition coefficient (Wildman–Crippen LogP) is 2.16. The summed E-state index contributed by atoms with van der Waals surface area (Å²) >= 11 is 4.14.